The molecule has 21 heavy (non-hydrogen) atoms. The lowest BCUT2D eigenvalue weighted by molar-refractivity contribution is -0.119. The highest BCUT2D eigenvalue weighted by Crippen LogP contribution is 2.24. The lowest BCUT2D eigenvalue weighted by Crippen LogP contribution is -2.49. The number of benzene rings is 1. The fourth-order valence-electron chi connectivity index (χ4n) is 1.99. The molecule has 1 amide bonds. The Morgan fingerprint density at radius 2 is 2.10 bits per heavy atom. The molecule has 0 spiro atoms. The van der Waals surface area contributed by atoms with E-state index >= 15 is 0 Å². The van der Waals surface area contributed by atoms with Gasteiger partial charge in [-0.1, -0.05) is 29.8 Å². The highest BCUT2D eigenvalue weighted by atomic mass is 79.9. The Morgan fingerprint density at radius 1 is 1.43 bits per heavy atom. The number of hydrogen-bond donors (Lipinski definition) is 2. The van der Waals surface area contributed by atoms with E-state index in [0.29, 0.717) is 18.6 Å². The monoisotopic (exact) mass is 355 g/mol. The molecule has 0 saturated heterocycles. The van der Waals surface area contributed by atoms with Crippen molar-refractivity contribution in [2.75, 3.05) is 13.7 Å². The Bertz CT molecular complexity index is 502. The van der Waals surface area contributed by atoms with Crippen molar-refractivity contribution in [1.29, 1.82) is 0 Å². The second-order valence-electron chi connectivity index (χ2n) is 4.85. The van der Waals surface area contributed by atoms with Crippen LogP contribution in [-0.4, -0.2) is 30.3 Å². The van der Waals surface area contributed by atoms with Gasteiger partial charge in [0.1, 0.15) is 5.75 Å². The van der Waals surface area contributed by atoms with Crippen LogP contribution in [0.3, 0.4) is 0 Å². The Balaban J connectivity index is 2.85. The molecule has 0 aliphatic carbocycles. The van der Waals surface area contributed by atoms with Crippen LogP contribution in [0.4, 0.5) is 0 Å². The molecule has 4 nitrogen and oxygen atoms in total. The molecule has 0 aliphatic heterocycles. The summed E-state index contributed by atoms with van der Waals surface area (Å²) in [7, 11) is 1.59. The van der Waals surface area contributed by atoms with Gasteiger partial charge in [-0.05, 0) is 37.1 Å². The highest BCUT2D eigenvalue weighted by molar-refractivity contribution is 9.10. The zero-order valence-corrected chi connectivity index (χ0v) is 14.2. The van der Waals surface area contributed by atoms with Crippen LogP contribution in [0, 0.1) is 0 Å². The Labute approximate surface area is 134 Å². The first-order chi connectivity index (χ1) is 10.00. The largest absolute Gasteiger partial charge is 0.496 e. The number of nitrogens with one attached hydrogen (secondary N) is 1. The van der Waals surface area contributed by atoms with Crippen molar-refractivity contribution in [3.63, 3.8) is 0 Å². The van der Waals surface area contributed by atoms with Crippen molar-refractivity contribution in [1.82, 2.24) is 5.32 Å². The lowest BCUT2D eigenvalue weighted by Gasteiger charge is -2.30. The molecule has 1 rings (SSSR count). The van der Waals surface area contributed by atoms with E-state index in [0.717, 1.165) is 10.0 Å². The summed E-state index contributed by atoms with van der Waals surface area (Å²) >= 11 is 3.39. The number of halogens is 1. The van der Waals surface area contributed by atoms with Crippen LogP contribution in [0.5, 0.6) is 5.75 Å². The summed E-state index contributed by atoms with van der Waals surface area (Å²) < 4.78 is 6.17. The Morgan fingerprint density at radius 3 is 2.62 bits per heavy atom. The van der Waals surface area contributed by atoms with E-state index in [2.05, 4.69) is 21.2 Å². The number of carbonyl (C=O) groups excluding carboxylic acids is 1. The van der Waals surface area contributed by atoms with Gasteiger partial charge in [-0.15, -0.1) is 0 Å². The molecular formula is C16H22BrNO3. The predicted molar refractivity (Wildman–Crippen MR) is 88.3 cm³/mol. The van der Waals surface area contributed by atoms with Crippen LogP contribution in [0.25, 0.3) is 6.08 Å². The molecular weight excluding hydrogens is 334 g/mol. The predicted octanol–water partition coefficient (Wildman–Crippen LogP) is 3.14. The third-order valence-electron chi connectivity index (χ3n) is 3.65. The van der Waals surface area contributed by atoms with Crippen molar-refractivity contribution in [2.24, 2.45) is 0 Å². The van der Waals surface area contributed by atoms with Crippen molar-refractivity contribution in [3.8, 4) is 5.75 Å². The van der Waals surface area contributed by atoms with E-state index in [1.807, 2.05) is 32.0 Å². The number of aliphatic hydroxyl groups is 1. The molecule has 0 aromatic heterocycles. The van der Waals surface area contributed by atoms with Crippen LogP contribution in [-0.2, 0) is 4.79 Å². The second kappa shape index (κ2) is 8.20. The summed E-state index contributed by atoms with van der Waals surface area (Å²) in [4.78, 5) is 12.0. The SMILES string of the molecule is CCC(CC)(CO)NC(=O)C=Cc1cc(Br)ccc1OC. The van der Waals surface area contributed by atoms with Crippen LogP contribution < -0.4 is 10.1 Å². The first-order valence-corrected chi connectivity index (χ1v) is 7.74. The Kier molecular flexibility index (Phi) is 6.92. The molecule has 0 radical (unpaired) electrons. The first-order valence-electron chi connectivity index (χ1n) is 6.95. The molecule has 0 fully saturated rings. The molecule has 116 valence electrons. The van der Waals surface area contributed by atoms with E-state index in [9.17, 15) is 9.90 Å². The van der Waals surface area contributed by atoms with E-state index < -0.39 is 5.54 Å². The van der Waals surface area contributed by atoms with Gasteiger partial charge in [0.15, 0.2) is 0 Å². The van der Waals surface area contributed by atoms with Gasteiger partial charge in [-0.2, -0.15) is 0 Å². The van der Waals surface area contributed by atoms with Crippen LogP contribution in [0.2, 0.25) is 0 Å². The normalized spacial score (nSPS) is 11.7. The number of aliphatic hydroxyl groups excluding tert-OH is 1. The summed E-state index contributed by atoms with van der Waals surface area (Å²) in [6.07, 6.45) is 4.52. The molecule has 1 aromatic rings. The third kappa shape index (κ3) is 4.86. The molecule has 0 saturated carbocycles. The minimum absolute atomic E-state index is 0.0697. The van der Waals surface area contributed by atoms with E-state index in [1.165, 1.54) is 6.08 Å². The minimum atomic E-state index is -0.553. The van der Waals surface area contributed by atoms with E-state index in [-0.39, 0.29) is 12.5 Å². The number of amides is 1. The second-order valence-corrected chi connectivity index (χ2v) is 5.77. The topological polar surface area (TPSA) is 58.6 Å². The first kappa shape index (κ1) is 17.7. The van der Waals surface area contributed by atoms with Crippen molar-refractivity contribution < 1.29 is 14.6 Å². The van der Waals surface area contributed by atoms with Gasteiger partial charge in [-0.25, -0.2) is 0 Å². The molecule has 2 N–H and O–H groups in total. The summed E-state index contributed by atoms with van der Waals surface area (Å²) in [5, 5.41) is 12.3. The molecule has 1 aromatic carbocycles. The van der Waals surface area contributed by atoms with Crippen molar-refractivity contribution in [3.05, 3.63) is 34.3 Å². The summed E-state index contributed by atoms with van der Waals surface area (Å²) in [6, 6.07) is 5.58. The Hall–Kier alpha value is -1.33. The summed E-state index contributed by atoms with van der Waals surface area (Å²) in [6.45, 7) is 3.82. The van der Waals surface area contributed by atoms with Gasteiger partial charge in [0, 0.05) is 16.1 Å². The number of methoxy groups -OCH3 is 1. The smallest absolute Gasteiger partial charge is 0.244 e. The standard InChI is InChI=1S/C16H22BrNO3/c1-4-16(5-2,11-19)18-15(20)9-6-12-10-13(17)7-8-14(12)21-3/h6-10,19H,4-5,11H2,1-3H3,(H,18,20). The van der Waals surface area contributed by atoms with E-state index in [1.54, 1.807) is 13.2 Å². The maximum atomic E-state index is 12.0. The van der Waals surface area contributed by atoms with Gasteiger partial charge in [0.2, 0.25) is 5.91 Å². The number of ether oxygens (including phenoxy) is 1. The molecule has 0 bridgehead atoms. The lowest BCUT2D eigenvalue weighted by atomic mass is 9.94. The van der Waals surface area contributed by atoms with Gasteiger partial charge < -0.3 is 15.2 Å². The maximum Gasteiger partial charge on any atom is 0.244 e. The highest BCUT2D eigenvalue weighted by Gasteiger charge is 2.26. The van der Waals surface area contributed by atoms with Gasteiger partial charge in [0.25, 0.3) is 0 Å². The number of rotatable bonds is 7. The van der Waals surface area contributed by atoms with Crippen LogP contribution in [0.15, 0.2) is 28.7 Å². The zero-order valence-electron chi connectivity index (χ0n) is 12.6. The zero-order chi connectivity index (χ0) is 15.9. The van der Waals surface area contributed by atoms with Crippen molar-refractivity contribution in [2.45, 2.75) is 32.2 Å². The summed E-state index contributed by atoms with van der Waals surface area (Å²) in [5.74, 6) is 0.469. The minimum Gasteiger partial charge on any atom is -0.496 e. The summed E-state index contributed by atoms with van der Waals surface area (Å²) in [5.41, 5.74) is 0.257. The average Bonchev–Trinajstić information content (AvgIpc) is 2.51. The van der Waals surface area contributed by atoms with Gasteiger partial charge >= 0.3 is 0 Å². The molecule has 5 heteroatoms. The molecule has 0 aliphatic rings. The average molecular weight is 356 g/mol. The van der Waals surface area contributed by atoms with Crippen LogP contribution in [0.1, 0.15) is 32.3 Å². The molecule has 0 atom stereocenters. The fourth-order valence-corrected chi connectivity index (χ4v) is 2.37. The van der Waals surface area contributed by atoms with Gasteiger partial charge in [0.05, 0.1) is 19.3 Å². The number of hydrogen-bond acceptors (Lipinski definition) is 3. The van der Waals surface area contributed by atoms with Crippen molar-refractivity contribution >= 4 is 27.9 Å². The quantitative estimate of drug-likeness (QED) is 0.738. The molecule has 0 unspecified atom stereocenters. The van der Waals surface area contributed by atoms with E-state index in [4.69, 9.17) is 4.74 Å². The van der Waals surface area contributed by atoms with Crippen LogP contribution >= 0.6 is 15.9 Å². The molecule has 0 heterocycles. The number of carbonyl (C=O) groups is 1. The van der Waals surface area contributed by atoms with Gasteiger partial charge in [-0.3, -0.25) is 4.79 Å². The maximum absolute atomic E-state index is 12.0. The third-order valence-corrected chi connectivity index (χ3v) is 4.14. The fraction of sp³-hybridized carbons (Fsp3) is 0.438.